The van der Waals surface area contributed by atoms with Gasteiger partial charge in [-0.1, -0.05) is 6.07 Å². The van der Waals surface area contributed by atoms with Crippen LogP contribution in [-0.4, -0.2) is 81.7 Å². The molecule has 4 atom stereocenters. The Bertz CT molecular complexity index is 1210. The first kappa shape index (κ1) is 25.8. The zero-order valence-electron chi connectivity index (χ0n) is 19.8. The van der Waals surface area contributed by atoms with Crippen molar-refractivity contribution < 1.29 is 39.2 Å². The van der Waals surface area contributed by atoms with E-state index in [-0.39, 0.29) is 42.9 Å². The van der Waals surface area contributed by atoms with E-state index in [1.165, 1.54) is 11.0 Å². The number of Topliss-reactive ketones (excluding diaryl/α,β-unsaturated/α-hetero) is 1. The number of likely N-dealkylation sites (N-methyl/N-ethyl adjacent to an activating group) is 1. The number of halogens is 1. The summed E-state index contributed by atoms with van der Waals surface area (Å²) in [5.74, 6) is -5.11. The highest BCUT2D eigenvalue weighted by molar-refractivity contribution is 6.33. The highest BCUT2D eigenvalue weighted by Gasteiger charge is 2.63. The highest BCUT2D eigenvalue weighted by Crippen LogP contribution is 2.52. The first-order valence-electron chi connectivity index (χ1n) is 11.4. The van der Waals surface area contributed by atoms with Gasteiger partial charge in [0.05, 0.1) is 23.9 Å². The number of hydrogen-bond acceptors (Lipinski definition) is 10. The Kier molecular flexibility index (Phi) is 6.64. The number of phenolic OH excluding ortho intramolecular Hbond substituents is 1. The van der Waals surface area contributed by atoms with Gasteiger partial charge in [-0.25, -0.2) is 4.39 Å². The highest BCUT2D eigenvalue weighted by atomic mass is 19.1. The molecule has 0 radical (unpaired) electrons. The van der Waals surface area contributed by atoms with Crippen molar-refractivity contribution in [3.05, 3.63) is 45.7 Å². The molecule has 0 saturated heterocycles. The number of aliphatic hydroxyl groups is 3. The van der Waals surface area contributed by atoms with E-state index >= 15 is 0 Å². The summed E-state index contributed by atoms with van der Waals surface area (Å²) in [4.78, 5) is 32.4. The SMILES string of the molecule is CN(C)[C@H]1C(O)=C(C(N)=O)C(=N)[C@@]2(O)C(=O)C3=C(O)c4c(O)ccc(CNOCCF)c4C[C@H]3C[C@@H]12. The van der Waals surface area contributed by atoms with Crippen molar-refractivity contribution in [2.45, 2.75) is 31.0 Å². The number of carbonyl (C=O) groups is 2. The van der Waals surface area contributed by atoms with Gasteiger partial charge in [0.1, 0.15) is 29.5 Å². The van der Waals surface area contributed by atoms with Gasteiger partial charge in [0, 0.05) is 18.0 Å². The molecule has 0 heterocycles. The van der Waals surface area contributed by atoms with Gasteiger partial charge in [-0.2, -0.15) is 5.48 Å². The van der Waals surface area contributed by atoms with Crippen molar-refractivity contribution in [1.82, 2.24) is 10.4 Å². The molecule has 1 saturated carbocycles. The predicted molar refractivity (Wildman–Crippen MR) is 126 cm³/mol. The Balaban J connectivity index is 1.84. The Morgan fingerprint density at radius 3 is 2.64 bits per heavy atom. The minimum atomic E-state index is -2.53. The number of hydroxylamine groups is 1. The lowest BCUT2D eigenvalue weighted by atomic mass is 9.56. The maximum absolute atomic E-state index is 13.8. The molecule has 12 heteroatoms. The average molecular weight is 505 g/mol. The van der Waals surface area contributed by atoms with E-state index in [2.05, 4.69) is 5.48 Å². The van der Waals surface area contributed by atoms with Gasteiger partial charge in [-0.05, 0) is 50.0 Å². The Morgan fingerprint density at radius 2 is 2.03 bits per heavy atom. The van der Waals surface area contributed by atoms with Gasteiger partial charge in [0.25, 0.3) is 5.91 Å². The third-order valence-corrected chi connectivity index (χ3v) is 7.30. The monoisotopic (exact) mass is 504 g/mol. The predicted octanol–water partition coefficient (Wildman–Crippen LogP) is 0.405. The number of primary amides is 1. The molecule has 194 valence electrons. The number of nitrogens with one attached hydrogen (secondary N) is 2. The first-order valence-corrected chi connectivity index (χ1v) is 11.4. The molecule has 0 unspecified atom stereocenters. The quantitative estimate of drug-likeness (QED) is 0.204. The standard InChI is InChI=1S/C24H29FN4O7/c1-29(2)18-13-8-11-7-12-10(9-28-36-6-5-25)3-4-14(30)16(12)19(31)15(11)22(33)24(13,35)21(26)17(20(18)32)23(27)34/h3-4,11,13,18,26,28,30-32,35H,5-9H2,1-2H3,(H2,27,34)/t11-,13-,18+,24+/m0/s1. The average Bonchev–Trinajstić information content (AvgIpc) is 2.80. The molecule has 1 amide bonds. The van der Waals surface area contributed by atoms with Crippen LogP contribution in [0.4, 0.5) is 4.39 Å². The normalized spacial score (nSPS) is 27.8. The van der Waals surface area contributed by atoms with E-state index in [0.717, 1.165) is 0 Å². The number of aromatic hydroxyl groups is 1. The number of hydrogen-bond donors (Lipinski definition) is 7. The Labute approximate surface area is 206 Å². The van der Waals surface area contributed by atoms with Crippen molar-refractivity contribution in [2.24, 2.45) is 17.6 Å². The summed E-state index contributed by atoms with van der Waals surface area (Å²) in [5, 5.41) is 52.7. The van der Waals surface area contributed by atoms with Crippen LogP contribution in [0.5, 0.6) is 5.75 Å². The number of carbonyl (C=O) groups excluding carboxylic acids is 2. The van der Waals surface area contributed by atoms with Gasteiger partial charge in [-0.3, -0.25) is 19.3 Å². The number of ketones is 1. The third-order valence-electron chi connectivity index (χ3n) is 7.30. The van der Waals surface area contributed by atoms with Crippen LogP contribution >= 0.6 is 0 Å². The molecule has 36 heavy (non-hydrogen) atoms. The van der Waals surface area contributed by atoms with E-state index in [1.54, 1.807) is 20.2 Å². The van der Waals surface area contributed by atoms with Crippen LogP contribution in [-0.2, 0) is 27.4 Å². The van der Waals surface area contributed by atoms with Crippen molar-refractivity contribution in [3.8, 4) is 5.75 Å². The molecule has 3 aliphatic rings. The number of fused-ring (bicyclic) bond motifs is 3. The zero-order valence-corrected chi connectivity index (χ0v) is 19.8. The molecule has 0 aliphatic heterocycles. The fourth-order valence-electron chi connectivity index (χ4n) is 5.77. The molecule has 1 aromatic carbocycles. The maximum Gasteiger partial charge on any atom is 0.254 e. The van der Waals surface area contributed by atoms with Crippen molar-refractivity contribution in [2.75, 3.05) is 27.4 Å². The molecule has 0 bridgehead atoms. The van der Waals surface area contributed by atoms with E-state index in [0.29, 0.717) is 11.1 Å². The van der Waals surface area contributed by atoms with E-state index < -0.39 is 64.6 Å². The van der Waals surface area contributed by atoms with Crippen LogP contribution in [0.25, 0.3) is 5.76 Å². The first-order chi connectivity index (χ1) is 17.0. The summed E-state index contributed by atoms with van der Waals surface area (Å²) in [5.41, 5.74) is 5.05. The number of alkyl halides is 1. The molecular formula is C24H29FN4O7. The Morgan fingerprint density at radius 1 is 1.33 bits per heavy atom. The van der Waals surface area contributed by atoms with Crippen LogP contribution in [0.1, 0.15) is 23.1 Å². The fraction of sp³-hybridized carbons (Fsp3) is 0.458. The topological polar surface area (TPSA) is 189 Å². The largest absolute Gasteiger partial charge is 0.510 e. The number of benzene rings is 1. The second-order valence-corrected chi connectivity index (χ2v) is 9.46. The molecular weight excluding hydrogens is 475 g/mol. The second-order valence-electron chi connectivity index (χ2n) is 9.46. The number of nitrogens with zero attached hydrogens (tertiary/aromatic N) is 1. The van der Waals surface area contributed by atoms with E-state index in [4.69, 9.17) is 16.0 Å². The number of nitrogens with two attached hydrogens (primary N) is 1. The third kappa shape index (κ3) is 3.68. The molecule has 4 rings (SSSR count). The zero-order chi connectivity index (χ0) is 26.5. The molecule has 0 aromatic heterocycles. The molecule has 8 N–H and O–H groups in total. The van der Waals surface area contributed by atoms with Gasteiger partial charge < -0.3 is 31.6 Å². The van der Waals surface area contributed by atoms with Gasteiger partial charge in [-0.15, -0.1) is 0 Å². The van der Waals surface area contributed by atoms with Gasteiger partial charge in [0.2, 0.25) is 5.78 Å². The summed E-state index contributed by atoms with van der Waals surface area (Å²) in [6.07, 6.45) is 0.269. The van der Waals surface area contributed by atoms with Crippen LogP contribution in [0.15, 0.2) is 29.0 Å². The lowest BCUT2D eigenvalue weighted by Crippen LogP contribution is -2.67. The number of phenols is 1. The van der Waals surface area contributed by atoms with Crippen molar-refractivity contribution in [3.63, 3.8) is 0 Å². The van der Waals surface area contributed by atoms with E-state index in [1.807, 2.05) is 0 Å². The van der Waals surface area contributed by atoms with Crippen LogP contribution < -0.4 is 11.2 Å². The van der Waals surface area contributed by atoms with Crippen molar-refractivity contribution >= 4 is 23.2 Å². The smallest absolute Gasteiger partial charge is 0.254 e. The summed E-state index contributed by atoms with van der Waals surface area (Å²) in [6.45, 7) is -0.701. The summed E-state index contributed by atoms with van der Waals surface area (Å²) in [7, 11) is 3.19. The summed E-state index contributed by atoms with van der Waals surface area (Å²) in [6, 6.07) is 1.95. The molecule has 11 nitrogen and oxygen atoms in total. The van der Waals surface area contributed by atoms with Crippen LogP contribution in [0.3, 0.4) is 0 Å². The lowest BCUT2D eigenvalue weighted by Gasteiger charge is -2.51. The number of amides is 1. The molecule has 3 aliphatic carbocycles. The molecule has 1 fully saturated rings. The van der Waals surface area contributed by atoms with Crippen LogP contribution in [0.2, 0.25) is 0 Å². The van der Waals surface area contributed by atoms with Crippen molar-refractivity contribution in [1.29, 1.82) is 5.41 Å². The van der Waals surface area contributed by atoms with E-state index in [9.17, 15) is 34.4 Å². The fourth-order valence-corrected chi connectivity index (χ4v) is 5.77. The van der Waals surface area contributed by atoms with Crippen LogP contribution in [0, 0.1) is 17.2 Å². The summed E-state index contributed by atoms with van der Waals surface area (Å²) < 4.78 is 12.3. The van der Waals surface area contributed by atoms with Gasteiger partial charge in [0.15, 0.2) is 5.60 Å². The number of aliphatic hydroxyl groups excluding tert-OH is 2. The minimum absolute atomic E-state index is 0.0152. The Hall–Kier alpha value is -3.32. The molecule has 1 aromatic rings. The lowest BCUT2D eigenvalue weighted by molar-refractivity contribution is -0.138. The minimum Gasteiger partial charge on any atom is -0.510 e. The van der Waals surface area contributed by atoms with Gasteiger partial charge >= 0.3 is 0 Å². The number of rotatable bonds is 7. The second kappa shape index (κ2) is 9.28. The summed E-state index contributed by atoms with van der Waals surface area (Å²) >= 11 is 0. The molecule has 0 spiro atoms. The maximum atomic E-state index is 13.8.